The van der Waals surface area contributed by atoms with Crippen molar-refractivity contribution in [2.24, 2.45) is 11.7 Å². The lowest BCUT2D eigenvalue weighted by molar-refractivity contribution is 0.0708. The van der Waals surface area contributed by atoms with Crippen molar-refractivity contribution in [2.45, 2.75) is 44.8 Å². The highest BCUT2D eigenvalue weighted by molar-refractivity contribution is 6.35. The van der Waals surface area contributed by atoms with Gasteiger partial charge in [-0.3, -0.25) is 4.79 Å². The van der Waals surface area contributed by atoms with E-state index in [1.54, 1.807) is 0 Å². The summed E-state index contributed by atoms with van der Waals surface area (Å²) in [5.41, 5.74) is 10.6. The van der Waals surface area contributed by atoms with Crippen LogP contribution in [0.1, 0.15) is 36.0 Å². The molecule has 0 bridgehead atoms. The second kappa shape index (κ2) is 8.00. The van der Waals surface area contributed by atoms with E-state index in [-0.39, 0.29) is 11.9 Å². The number of aromatic nitrogens is 3. The third-order valence-electron chi connectivity index (χ3n) is 7.61. The maximum atomic E-state index is 13.3. The van der Waals surface area contributed by atoms with Gasteiger partial charge in [-0.2, -0.15) is 0 Å². The molecule has 2 fully saturated rings. The molecule has 7 rings (SSSR count). The molecule has 0 spiro atoms. The van der Waals surface area contributed by atoms with Crippen LogP contribution in [0.4, 0.5) is 0 Å². The molecule has 1 saturated heterocycles. The number of rotatable bonds is 4. The van der Waals surface area contributed by atoms with Gasteiger partial charge in [0.1, 0.15) is 17.9 Å². The van der Waals surface area contributed by atoms with Gasteiger partial charge < -0.3 is 24.5 Å². The first kappa shape index (κ1) is 21.3. The number of piperidine rings is 1. The van der Waals surface area contributed by atoms with E-state index in [9.17, 15) is 4.79 Å². The summed E-state index contributed by atoms with van der Waals surface area (Å²) in [5, 5.41) is 1.89. The molecule has 0 unspecified atom stereocenters. The fourth-order valence-electron chi connectivity index (χ4n) is 5.71. The first-order valence-corrected chi connectivity index (χ1v) is 12.9. The van der Waals surface area contributed by atoms with E-state index < -0.39 is 0 Å². The summed E-state index contributed by atoms with van der Waals surface area (Å²) in [6.07, 6.45) is 4.41. The highest BCUT2D eigenvalue weighted by Gasteiger charge is 2.29. The Morgan fingerprint density at radius 2 is 2.03 bits per heavy atom. The highest BCUT2D eigenvalue weighted by Crippen LogP contribution is 2.40. The summed E-state index contributed by atoms with van der Waals surface area (Å²) in [4.78, 5) is 20.3. The van der Waals surface area contributed by atoms with Crippen LogP contribution >= 0.6 is 11.6 Å². The second-order valence-electron chi connectivity index (χ2n) is 10.2. The van der Waals surface area contributed by atoms with Gasteiger partial charge in [-0.25, -0.2) is 4.98 Å². The molecule has 35 heavy (non-hydrogen) atoms. The van der Waals surface area contributed by atoms with Gasteiger partial charge in [-0.05, 0) is 55.9 Å². The summed E-state index contributed by atoms with van der Waals surface area (Å²) in [5.74, 6) is 2.31. The molecule has 180 valence electrons. The van der Waals surface area contributed by atoms with Crippen LogP contribution in [0.3, 0.4) is 0 Å². The van der Waals surface area contributed by atoms with E-state index in [0.29, 0.717) is 31.2 Å². The Hall–Kier alpha value is -3.03. The molecule has 1 atom stereocenters. The summed E-state index contributed by atoms with van der Waals surface area (Å²) in [6.45, 7) is 3.53. The molecule has 1 aliphatic carbocycles. The molecular weight excluding hydrogens is 462 g/mol. The zero-order valence-electron chi connectivity index (χ0n) is 19.5. The van der Waals surface area contributed by atoms with Gasteiger partial charge in [0.25, 0.3) is 5.91 Å². The van der Waals surface area contributed by atoms with Crippen molar-refractivity contribution in [1.82, 2.24) is 19.0 Å². The van der Waals surface area contributed by atoms with Crippen LogP contribution in [-0.2, 0) is 13.1 Å². The first-order chi connectivity index (χ1) is 17.1. The Morgan fingerprint density at radius 3 is 2.86 bits per heavy atom. The Labute approximate surface area is 208 Å². The van der Waals surface area contributed by atoms with Crippen molar-refractivity contribution in [1.29, 1.82) is 0 Å². The number of halogens is 1. The first-order valence-electron chi connectivity index (χ1n) is 12.6. The molecule has 3 aliphatic rings. The number of nitrogens with two attached hydrogens (primary N) is 1. The second-order valence-corrected chi connectivity index (χ2v) is 10.6. The number of nitrogens with zero attached hydrogens (tertiary/aromatic N) is 4. The molecule has 2 N–H and O–H groups in total. The van der Waals surface area contributed by atoms with E-state index >= 15 is 0 Å². The van der Waals surface area contributed by atoms with Crippen LogP contribution in [0.25, 0.3) is 33.5 Å². The molecule has 4 heterocycles. The van der Waals surface area contributed by atoms with Crippen molar-refractivity contribution in [3.8, 4) is 17.3 Å². The number of carbonyl (C=O) groups excluding carboxylic acids is 1. The monoisotopic (exact) mass is 489 g/mol. The Balaban J connectivity index is 1.38. The van der Waals surface area contributed by atoms with Gasteiger partial charge in [0.05, 0.1) is 28.3 Å². The van der Waals surface area contributed by atoms with E-state index in [2.05, 4.69) is 21.3 Å². The van der Waals surface area contributed by atoms with Crippen LogP contribution in [0.15, 0.2) is 36.4 Å². The molecular formula is C27H28ClN5O2. The predicted octanol–water partition coefficient (Wildman–Crippen LogP) is 4.68. The van der Waals surface area contributed by atoms with Crippen molar-refractivity contribution < 1.29 is 9.53 Å². The fraction of sp³-hybridized carbons (Fsp3) is 0.407. The maximum absolute atomic E-state index is 13.3. The largest absolute Gasteiger partial charge is 0.489 e. The van der Waals surface area contributed by atoms with Crippen molar-refractivity contribution in [3.63, 3.8) is 0 Å². The number of fused-ring (bicyclic) bond motifs is 1. The van der Waals surface area contributed by atoms with Crippen LogP contribution < -0.4 is 10.5 Å². The van der Waals surface area contributed by atoms with Gasteiger partial charge in [-0.15, -0.1) is 0 Å². The number of ether oxygens (including phenoxy) is 1. The molecule has 2 aliphatic heterocycles. The third-order valence-corrected chi connectivity index (χ3v) is 7.91. The third kappa shape index (κ3) is 3.52. The van der Waals surface area contributed by atoms with Crippen LogP contribution in [-0.4, -0.2) is 50.7 Å². The Kier molecular flexibility index (Phi) is 4.86. The lowest BCUT2D eigenvalue weighted by Crippen LogP contribution is -2.45. The number of hydrogen-bond donors (Lipinski definition) is 1. The van der Waals surface area contributed by atoms with E-state index in [4.69, 9.17) is 27.1 Å². The van der Waals surface area contributed by atoms with Crippen molar-refractivity contribution in [3.05, 3.63) is 47.0 Å². The van der Waals surface area contributed by atoms with Gasteiger partial charge in [0.2, 0.25) is 0 Å². The van der Waals surface area contributed by atoms with Gasteiger partial charge in [-0.1, -0.05) is 23.7 Å². The molecule has 4 aromatic rings. The van der Waals surface area contributed by atoms with Gasteiger partial charge >= 0.3 is 0 Å². The average Bonchev–Trinajstić information content (AvgIpc) is 3.50. The minimum absolute atomic E-state index is 0.00166. The number of amides is 1. The molecule has 1 amide bonds. The zero-order valence-corrected chi connectivity index (χ0v) is 20.3. The Bertz CT molecular complexity index is 1480. The Morgan fingerprint density at radius 1 is 1.14 bits per heavy atom. The SMILES string of the molecule is N[C@@H]1CCCN(C(=O)c2cc3c4c(c2)nc(-c2cc5cccc(Cl)c5n2CC2CC2)n4CCO3)C1. The summed E-state index contributed by atoms with van der Waals surface area (Å²) < 4.78 is 10.6. The molecule has 2 aromatic carbocycles. The average molecular weight is 490 g/mol. The summed E-state index contributed by atoms with van der Waals surface area (Å²) >= 11 is 6.68. The maximum Gasteiger partial charge on any atom is 0.254 e. The minimum Gasteiger partial charge on any atom is -0.489 e. The number of imidazole rings is 1. The minimum atomic E-state index is -0.00166. The van der Waals surface area contributed by atoms with Crippen molar-refractivity contribution >= 4 is 39.4 Å². The quantitative estimate of drug-likeness (QED) is 0.451. The number of carbonyl (C=O) groups is 1. The van der Waals surface area contributed by atoms with E-state index in [0.717, 1.165) is 70.2 Å². The number of benzene rings is 2. The fourth-order valence-corrected chi connectivity index (χ4v) is 6.00. The molecule has 0 radical (unpaired) electrons. The van der Waals surface area contributed by atoms with E-state index in [1.165, 1.54) is 12.8 Å². The zero-order chi connectivity index (χ0) is 23.7. The number of likely N-dealkylation sites (tertiary alicyclic amines) is 1. The lowest BCUT2D eigenvalue weighted by atomic mass is 10.0. The predicted molar refractivity (Wildman–Crippen MR) is 137 cm³/mol. The van der Waals surface area contributed by atoms with Crippen molar-refractivity contribution in [2.75, 3.05) is 19.7 Å². The topological polar surface area (TPSA) is 78.3 Å². The molecule has 8 heteroatoms. The standard InChI is InChI=1S/C27H28ClN5O2/c28-20-5-1-3-17-12-22(33(24(17)20)14-16-6-7-16)26-30-21-11-18(13-23-25(21)32(26)9-10-35-23)27(34)31-8-2-4-19(29)15-31/h1,3,5,11-13,16,19H,2,4,6-10,14-15,29H2/t19-/m1/s1. The smallest absolute Gasteiger partial charge is 0.254 e. The van der Waals surface area contributed by atoms with Gasteiger partial charge in [0, 0.05) is 36.6 Å². The van der Waals surface area contributed by atoms with Crippen LogP contribution in [0.2, 0.25) is 5.02 Å². The number of hydrogen-bond acceptors (Lipinski definition) is 4. The molecule has 7 nitrogen and oxygen atoms in total. The summed E-state index contributed by atoms with van der Waals surface area (Å²) in [6, 6.07) is 12.1. The lowest BCUT2D eigenvalue weighted by Gasteiger charge is -2.31. The van der Waals surface area contributed by atoms with Crippen LogP contribution in [0, 0.1) is 5.92 Å². The number of para-hydroxylation sites is 1. The molecule has 1 saturated carbocycles. The summed E-state index contributed by atoms with van der Waals surface area (Å²) in [7, 11) is 0. The molecule has 2 aromatic heterocycles. The van der Waals surface area contributed by atoms with E-state index in [1.807, 2.05) is 29.2 Å². The highest BCUT2D eigenvalue weighted by atomic mass is 35.5. The van der Waals surface area contributed by atoms with Crippen LogP contribution in [0.5, 0.6) is 5.75 Å². The van der Waals surface area contributed by atoms with Gasteiger partial charge in [0.15, 0.2) is 5.82 Å². The normalized spacial score (nSPS) is 19.9.